The number of allylic oxidation sites excluding steroid dienone is 1. The Kier molecular flexibility index (Phi) is 10.1. The number of anilines is 1. The summed E-state index contributed by atoms with van der Waals surface area (Å²) in [7, 11) is 4.44. The van der Waals surface area contributed by atoms with E-state index in [0.717, 1.165) is 17.6 Å². The van der Waals surface area contributed by atoms with E-state index in [2.05, 4.69) is 49.2 Å². The van der Waals surface area contributed by atoms with E-state index in [0.29, 0.717) is 29.6 Å². The second kappa shape index (κ2) is 13.5. The molecule has 3 N–H and O–H groups in total. The van der Waals surface area contributed by atoms with Crippen LogP contribution in [0.2, 0.25) is 0 Å². The monoisotopic (exact) mass is 552 g/mol. The highest BCUT2D eigenvalue weighted by atomic mass is 16.5. The van der Waals surface area contributed by atoms with Gasteiger partial charge in [-0.15, -0.1) is 0 Å². The zero-order valence-corrected chi connectivity index (χ0v) is 23.6. The molecule has 3 aromatic heterocycles. The van der Waals surface area contributed by atoms with Crippen molar-refractivity contribution >= 4 is 34.8 Å². The van der Waals surface area contributed by atoms with Gasteiger partial charge < -0.3 is 29.8 Å². The van der Waals surface area contributed by atoms with E-state index in [4.69, 9.17) is 0 Å². The van der Waals surface area contributed by atoms with Gasteiger partial charge in [0.15, 0.2) is 5.65 Å². The second-order valence-corrected chi connectivity index (χ2v) is 9.94. The average molecular weight is 553 g/mol. The highest BCUT2D eigenvalue weighted by Crippen LogP contribution is 2.17. The Labute approximate surface area is 232 Å². The van der Waals surface area contributed by atoms with Crippen molar-refractivity contribution in [2.24, 2.45) is 5.92 Å². The van der Waals surface area contributed by atoms with E-state index in [1.807, 2.05) is 6.92 Å². The van der Waals surface area contributed by atoms with E-state index < -0.39 is 23.6 Å². The van der Waals surface area contributed by atoms with Crippen LogP contribution in [0, 0.1) is 12.8 Å². The number of rotatable bonds is 11. The van der Waals surface area contributed by atoms with E-state index in [1.165, 1.54) is 28.7 Å². The van der Waals surface area contributed by atoms with Gasteiger partial charge in [0.25, 0.3) is 5.56 Å². The van der Waals surface area contributed by atoms with Crippen molar-refractivity contribution in [3.05, 3.63) is 58.2 Å². The number of aryl methyl sites for hydroxylation is 1. The average Bonchev–Trinajstić information content (AvgIpc) is 3.29. The number of amides is 3. The van der Waals surface area contributed by atoms with Crippen LogP contribution >= 0.6 is 0 Å². The standard InChI is InChI=1S/C27H36N8O5/c1-16(2)14-20-23-24(29-17(3)28-20)33-21(32-23)15-35-13-9-11-19(26(35)38)30-25(37)18(31-27(39)40-6)10-7-8-12-22(36)34(4)5/h8-9,11-13,16,18H,7,10,14-15H2,1-6H3,(H,30,37)(H,31,39)(H,28,29,32,33)/b12-8+. The van der Waals surface area contributed by atoms with Gasteiger partial charge in [-0.2, -0.15) is 0 Å². The Hall–Kier alpha value is -4.55. The zero-order valence-electron chi connectivity index (χ0n) is 23.6. The van der Waals surface area contributed by atoms with E-state index in [9.17, 15) is 19.2 Å². The lowest BCUT2D eigenvalue weighted by atomic mass is 10.1. The summed E-state index contributed by atoms with van der Waals surface area (Å²) in [5.41, 5.74) is 1.73. The number of hydrogen-bond donors (Lipinski definition) is 3. The molecule has 3 heterocycles. The lowest BCUT2D eigenvalue weighted by Gasteiger charge is -2.17. The van der Waals surface area contributed by atoms with E-state index in [1.54, 1.807) is 32.4 Å². The van der Waals surface area contributed by atoms with Gasteiger partial charge in [0, 0.05) is 20.3 Å². The molecular weight excluding hydrogens is 516 g/mol. The first-order valence-electron chi connectivity index (χ1n) is 12.9. The predicted octanol–water partition coefficient (Wildman–Crippen LogP) is 2.16. The molecule has 0 aliphatic heterocycles. The van der Waals surface area contributed by atoms with Gasteiger partial charge in [-0.1, -0.05) is 19.9 Å². The summed E-state index contributed by atoms with van der Waals surface area (Å²) in [6.07, 6.45) is 5.06. The number of hydrogen-bond acceptors (Lipinski definition) is 8. The van der Waals surface area contributed by atoms with Crippen molar-refractivity contribution in [2.75, 3.05) is 26.5 Å². The Morgan fingerprint density at radius 3 is 2.62 bits per heavy atom. The van der Waals surface area contributed by atoms with Crippen molar-refractivity contribution in [2.45, 2.75) is 52.6 Å². The number of H-pyrrole nitrogens is 1. The highest BCUT2D eigenvalue weighted by molar-refractivity contribution is 5.96. The number of carbonyl (C=O) groups is 3. The molecule has 0 spiro atoms. The third kappa shape index (κ3) is 7.98. The van der Waals surface area contributed by atoms with Gasteiger partial charge in [0.05, 0.1) is 19.3 Å². The lowest BCUT2D eigenvalue weighted by molar-refractivity contribution is -0.123. The minimum absolute atomic E-state index is 0.0368. The quantitative estimate of drug-likeness (QED) is 0.305. The number of fused-ring (bicyclic) bond motifs is 1. The van der Waals surface area contributed by atoms with Crippen LogP contribution in [0.4, 0.5) is 10.5 Å². The summed E-state index contributed by atoms with van der Waals surface area (Å²) in [6, 6.07) is 2.11. The minimum Gasteiger partial charge on any atom is -0.453 e. The molecule has 3 rings (SSSR count). The molecular formula is C27H36N8O5. The Balaban J connectivity index is 1.78. The number of carbonyl (C=O) groups excluding carboxylic acids is 3. The second-order valence-electron chi connectivity index (χ2n) is 9.94. The highest BCUT2D eigenvalue weighted by Gasteiger charge is 2.22. The molecule has 0 saturated heterocycles. The normalized spacial score (nSPS) is 12.1. The van der Waals surface area contributed by atoms with Crippen LogP contribution in [0.15, 0.2) is 35.3 Å². The molecule has 0 saturated carbocycles. The van der Waals surface area contributed by atoms with Crippen LogP contribution in [-0.4, -0.2) is 74.6 Å². The van der Waals surface area contributed by atoms with Gasteiger partial charge in [-0.05, 0) is 50.3 Å². The van der Waals surface area contributed by atoms with Crippen LogP contribution < -0.4 is 16.2 Å². The Morgan fingerprint density at radius 2 is 1.95 bits per heavy atom. The summed E-state index contributed by atoms with van der Waals surface area (Å²) >= 11 is 0. The Bertz CT molecular complexity index is 1460. The van der Waals surface area contributed by atoms with Crippen molar-refractivity contribution in [1.82, 2.24) is 34.7 Å². The summed E-state index contributed by atoms with van der Waals surface area (Å²) in [5, 5.41) is 5.07. The van der Waals surface area contributed by atoms with Crippen LogP contribution in [0.1, 0.15) is 44.0 Å². The topological polar surface area (TPSA) is 164 Å². The molecule has 0 fully saturated rings. The number of alkyl carbamates (subject to hydrolysis) is 1. The fourth-order valence-corrected chi connectivity index (χ4v) is 3.94. The van der Waals surface area contributed by atoms with E-state index in [-0.39, 0.29) is 24.6 Å². The number of ether oxygens (including phenoxy) is 1. The molecule has 13 nitrogen and oxygen atoms in total. The number of likely N-dealkylation sites (N-methyl/N-ethyl adjacent to an activating group) is 1. The van der Waals surface area contributed by atoms with Gasteiger partial charge in [-0.25, -0.2) is 19.7 Å². The molecule has 3 aromatic rings. The minimum atomic E-state index is -1.00. The van der Waals surface area contributed by atoms with Crippen molar-refractivity contribution in [3.63, 3.8) is 0 Å². The summed E-state index contributed by atoms with van der Waals surface area (Å²) in [4.78, 5) is 68.0. The third-order valence-electron chi connectivity index (χ3n) is 5.90. The van der Waals surface area contributed by atoms with Gasteiger partial charge in [0.1, 0.15) is 28.9 Å². The number of imidazole rings is 1. The summed E-state index contributed by atoms with van der Waals surface area (Å²) in [5.74, 6) is 0.740. The molecule has 1 unspecified atom stereocenters. The number of methoxy groups -OCH3 is 1. The number of nitrogens with zero attached hydrogens (tertiary/aromatic N) is 5. The van der Waals surface area contributed by atoms with Gasteiger partial charge >= 0.3 is 6.09 Å². The molecule has 0 radical (unpaired) electrons. The van der Waals surface area contributed by atoms with Crippen LogP contribution in [0.25, 0.3) is 11.2 Å². The van der Waals surface area contributed by atoms with Gasteiger partial charge in [-0.3, -0.25) is 14.4 Å². The molecule has 0 aliphatic rings. The number of aromatic amines is 1. The zero-order chi connectivity index (χ0) is 29.4. The summed E-state index contributed by atoms with van der Waals surface area (Å²) in [6.45, 7) is 6.14. The molecule has 13 heteroatoms. The first kappa shape index (κ1) is 30.0. The fraction of sp³-hybridized carbons (Fsp3) is 0.444. The van der Waals surface area contributed by atoms with Crippen molar-refractivity contribution < 1.29 is 19.1 Å². The molecule has 0 aromatic carbocycles. The van der Waals surface area contributed by atoms with Crippen molar-refractivity contribution in [3.8, 4) is 0 Å². The Morgan fingerprint density at radius 1 is 1.20 bits per heavy atom. The van der Waals surface area contributed by atoms with Crippen LogP contribution in [-0.2, 0) is 27.3 Å². The maximum atomic E-state index is 13.2. The first-order chi connectivity index (χ1) is 19.0. The first-order valence-corrected chi connectivity index (χ1v) is 12.9. The van der Waals surface area contributed by atoms with Crippen LogP contribution in [0.5, 0.6) is 0 Å². The maximum absolute atomic E-state index is 13.2. The lowest BCUT2D eigenvalue weighted by Crippen LogP contribution is -2.44. The predicted molar refractivity (Wildman–Crippen MR) is 150 cm³/mol. The number of aromatic nitrogens is 5. The van der Waals surface area contributed by atoms with Crippen molar-refractivity contribution in [1.29, 1.82) is 0 Å². The molecule has 0 bridgehead atoms. The van der Waals surface area contributed by atoms with Gasteiger partial charge in [0.2, 0.25) is 11.8 Å². The molecule has 3 amide bonds. The van der Waals surface area contributed by atoms with Crippen LogP contribution in [0.3, 0.4) is 0 Å². The third-order valence-corrected chi connectivity index (χ3v) is 5.90. The number of nitrogens with one attached hydrogen (secondary N) is 3. The smallest absolute Gasteiger partial charge is 0.407 e. The fourth-order valence-electron chi connectivity index (χ4n) is 3.94. The molecule has 0 aliphatic carbocycles. The number of pyridine rings is 1. The van der Waals surface area contributed by atoms with E-state index >= 15 is 0 Å². The molecule has 1 atom stereocenters. The maximum Gasteiger partial charge on any atom is 0.407 e. The summed E-state index contributed by atoms with van der Waals surface area (Å²) < 4.78 is 6.04. The molecule has 40 heavy (non-hydrogen) atoms. The largest absolute Gasteiger partial charge is 0.453 e. The molecule has 214 valence electrons. The SMILES string of the molecule is COC(=O)NC(CC/C=C/C(=O)N(C)C)C(=O)Nc1cccn(Cc2nc3nc(C)nc(CC(C)C)c3[nH]2)c1=O.